The Kier molecular flexibility index (Phi) is 4.38. The molecule has 4 aliphatic carbocycles. The molecule has 5 aliphatic rings. The third-order valence-electron chi connectivity index (χ3n) is 8.31. The van der Waals surface area contributed by atoms with Crippen LogP contribution in [0.3, 0.4) is 0 Å². The number of carbonyl (C=O) groups excluding carboxylic acids is 1. The fraction of sp³-hybridized carbons (Fsp3) is 0.583. The zero-order chi connectivity index (χ0) is 21.2. The number of thiophene rings is 1. The zero-order valence-corrected chi connectivity index (χ0v) is 18.3. The van der Waals surface area contributed by atoms with Crippen LogP contribution in [0.25, 0.3) is 10.1 Å². The summed E-state index contributed by atoms with van der Waals surface area (Å²) >= 11 is 1.63. The topological polar surface area (TPSA) is 90.5 Å². The first-order valence-corrected chi connectivity index (χ1v) is 12.4. The standard InChI is InChI=1S/C24H29N3O3S/c28-21(29)24(19(5-6-25-24)18-13-31-20-4-2-1-3-17(18)20)27-22(30)26-23-10-14-7-15(11-23)9-16(8-14)12-23/h1-4,13-16,19,25H,5-12H2,(H,28,29)(H2,26,27,30)/t14?,15?,16?,19?,23?,24-/m1/s1. The van der Waals surface area contributed by atoms with Gasteiger partial charge < -0.3 is 15.7 Å². The van der Waals surface area contributed by atoms with Crippen molar-refractivity contribution in [3.63, 3.8) is 0 Å². The Morgan fingerprint density at radius 3 is 2.39 bits per heavy atom. The summed E-state index contributed by atoms with van der Waals surface area (Å²) in [5.74, 6) is 0.813. The molecular weight excluding hydrogens is 410 g/mol. The molecule has 0 radical (unpaired) electrons. The first-order valence-electron chi connectivity index (χ1n) is 11.5. The van der Waals surface area contributed by atoms with Crippen LogP contribution >= 0.6 is 11.3 Å². The highest BCUT2D eigenvalue weighted by molar-refractivity contribution is 7.17. The van der Waals surface area contributed by atoms with Gasteiger partial charge in [-0.15, -0.1) is 11.3 Å². The molecule has 1 saturated heterocycles. The number of urea groups is 1. The molecule has 5 fully saturated rings. The number of rotatable bonds is 4. The number of aliphatic carboxylic acids is 1. The Morgan fingerprint density at radius 1 is 1.03 bits per heavy atom. The van der Waals surface area contributed by atoms with E-state index in [4.69, 9.17) is 0 Å². The van der Waals surface area contributed by atoms with Crippen LogP contribution in [-0.4, -0.2) is 34.9 Å². The number of amides is 2. The summed E-state index contributed by atoms with van der Waals surface area (Å²) in [6.07, 6.45) is 7.70. The van der Waals surface area contributed by atoms with E-state index in [0.717, 1.165) is 52.7 Å². The highest BCUT2D eigenvalue weighted by atomic mass is 32.1. The van der Waals surface area contributed by atoms with Gasteiger partial charge in [0, 0.05) is 16.2 Å². The lowest BCUT2D eigenvalue weighted by atomic mass is 9.53. The molecule has 164 valence electrons. The van der Waals surface area contributed by atoms with Gasteiger partial charge in [0.05, 0.1) is 0 Å². The predicted octanol–water partition coefficient (Wildman–Crippen LogP) is 4.03. The van der Waals surface area contributed by atoms with Gasteiger partial charge in [0.2, 0.25) is 0 Å². The second-order valence-corrected chi connectivity index (χ2v) is 11.3. The van der Waals surface area contributed by atoms with Gasteiger partial charge in [0.25, 0.3) is 0 Å². The number of hydrogen-bond acceptors (Lipinski definition) is 4. The van der Waals surface area contributed by atoms with Gasteiger partial charge in [0.1, 0.15) is 0 Å². The largest absolute Gasteiger partial charge is 0.478 e. The van der Waals surface area contributed by atoms with Gasteiger partial charge in [-0.25, -0.2) is 9.59 Å². The molecule has 1 aromatic carbocycles. The normalized spacial score (nSPS) is 38.5. The molecule has 1 aliphatic heterocycles. The average molecular weight is 440 g/mol. The van der Waals surface area contributed by atoms with Crippen molar-refractivity contribution in [3.05, 3.63) is 35.2 Å². The number of hydrogen-bond donors (Lipinski definition) is 4. The lowest BCUT2D eigenvalue weighted by Gasteiger charge is -2.57. The molecule has 1 aromatic heterocycles. The summed E-state index contributed by atoms with van der Waals surface area (Å²) in [6, 6.07) is 7.74. The van der Waals surface area contributed by atoms with Crippen LogP contribution in [0.4, 0.5) is 4.79 Å². The van der Waals surface area contributed by atoms with Gasteiger partial charge in [0.15, 0.2) is 5.66 Å². The Bertz CT molecular complexity index is 1010. The SMILES string of the molecule is O=C(NC12CC3CC(CC(C3)C1)C2)N[C@]1(C(=O)O)NCCC1c1csc2ccccc12. The Hall–Kier alpha value is -2.12. The van der Waals surface area contributed by atoms with E-state index in [2.05, 4.69) is 27.4 Å². The van der Waals surface area contributed by atoms with Gasteiger partial charge in [-0.1, -0.05) is 18.2 Å². The molecule has 4 N–H and O–H groups in total. The Balaban J connectivity index is 1.27. The van der Waals surface area contributed by atoms with E-state index in [9.17, 15) is 14.7 Å². The highest BCUT2D eigenvalue weighted by Gasteiger charge is 2.55. The Morgan fingerprint density at radius 2 is 1.71 bits per heavy atom. The molecular formula is C24H29N3O3S. The predicted molar refractivity (Wildman–Crippen MR) is 120 cm³/mol. The summed E-state index contributed by atoms with van der Waals surface area (Å²) in [5.41, 5.74) is -0.638. The van der Waals surface area contributed by atoms with Crippen LogP contribution in [0.15, 0.2) is 29.6 Å². The number of carbonyl (C=O) groups is 2. The molecule has 4 saturated carbocycles. The lowest BCUT2D eigenvalue weighted by molar-refractivity contribution is -0.146. The van der Waals surface area contributed by atoms with Crippen LogP contribution < -0.4 is 16.0 Å². The summed E-state index contributed by atoms with van der Waals surface area (Å²) in [5, 5.41) is 22.8. The van der Waals surface area contributed by atoms with Crippen LogP contribution in [0.1, 0.15) is 56.4 Å². The average Bonchev–Trinajstić information content (AvgIpc) is 3.30. The van der Waals surface area contributed by atoms with E-state index >= 15 is 0 Å². The van der Waals surface area contributed by atoms with Crippen molar-refractivity contribution in [1.82, 2.24) is 16.0 Å². The first kappa shape index (κ1) is 19.6. The fourth-order valence-corrected chi connectivity index (χ4v) is 8.55. The van der Waals surface area contributed by atoms with Gasteiger partial charge in [-0.3, -0.25) is 5.32 Å². The molecule has 7 heteroatoms. The second kappa shape index (κ2) is 6.94. The van der Waals surface area contributed by atoms with Crippen LogP contribution in [0.5, 0.6) is 0 Å². The molecule has 4 bridgehead atoms. The zero-order valence-electron chi connectivity index (χ0n) is 17.5. The fourth-order valence-electron chi connectivity index (χ4n) is 7.53. The van der Waals surface area contributed by atoms with Gasteiger partial charge in [-0.2, -0.15) is 0 Å². The number of benzene rings is 1. The van der Waals surface area contributed by atoms with Gasteiger partial charge in [-0.05, 0) is 91.6 Å². The smallest absolute Gasteiger partial charge is 0.345 e. The summed E-state index contributed by atoms with van der Waals surface area (Å²) in [7, 11) is 0. The van der Waals surface area contributed by atoms with E-state index in [0.29, 0.717) is 13.0 Å². The van der Waals surface area contributed by atoms with Crippen molar-refractivity contribution in [1.29, 1.82) is 0 Å². The maximum absolute atomic E-state index is 13.2. The highest BCUT2D eigenvalue weighted by Crippen LogP contribution is 2.55. The lowest BCUT2D eigenvalue weighted by Crippen LogP contribution is -2.69. The minimum atomic E-state index is -1.49. The number of nitrogens with one attached hydrogen (secondary N) is 3. The van der Waals surface area contributed by atoms with Crippen molar-refractivity contribution in [2.24, 2.45) is 17.8 Å². The summed E-state index contributed by atoms with van der Waals surface area (Å²) in [6.45, 7) is 0.554. The molecule has 1 unspecified atom stereocenters. The van der Waals surface area contributed by atoms with Crippen LogP contribution in [-0.2, 0) is 4.79 Å². The number of fused-ring (bicyclic) bond motifs is 1. The minimum absolute atomic E-state index is 0.151. The molecule has 2 heterocycles. The maximum Gasteiger partial charge on any atom is 0.345 e. The van der Waals surface area contributed by atoms with Crippen molar-refractivity contribution >= 4 is 33.4 Å². The molecule has 2 aromatic rings. The van der Waals surface area contributed by atoms with Crippen LogP contribution in [0.2, 0.25) is 0 Å². The molecule has 2 amide bonds. The second-order valence-electron chi connectivity index (χ2n) is 10.3. The maximum atomic E-state index is 13.2. The van der Waals surface area contributed by atoms with E-state index < -0.39 is 11.6 Å². The monoisotopic (exact) mass is 439 g/mol. The Labute approximate surface area is 185 Å². The van der Waals surface area contributed by atoms with E-state index in [1.165, 1.54) is 19.3 Å². The molecule has 31 heavy (non-hydrogen) atoms. The third-order valence-corrected chi connectivity index (χ3v) is 9.29. The number of carboxylic acid groups (broad SMARTS) is 1. The van der Waals surface area contributed by atoms with Crippen molar-refractivity contribution in [3.8, 4) is 0 Å². The van der Waals surface area contributed by atoms with E-state index in [1.54, 1.807) is 11.3 Å². The summed E-state index contributed by atoms with van der Waals surface area (Å²) in [4.78, 5) is 25.8. The van der Waals surface area contributed by atoms with Crippen molar-refractivity contribution in [2.75, 3.05) is 6.54 Å². The van der Waals surface area contributed by atoms with E-state index in [1.807, 2.05) is 18.2 Å². The summed E-state index contributed by atoms with van der Waals surface area (Å²) < 4.78 is 1.14. The van der Waals surface area contributed by atoms with Gasteiger partial charge >= 0.3 is 12.0 Å². The molecule has 6 nitrogen and oxygen atoms in total. The van der Waals surface area contributed by atoms with E-state index in [-0.39, 0.29) is 17.5 Å². The van der Waals surface area contributed by atoms with Crippen LogP contribution in [0, 0.1) is 17.8 Å². The minimum Gasteiger partial charge on any atom is -0.478 e. The molecule has 2 atom stereocenters. The molecule has 7 rings (SSSR count). The first-order chi connectivity index (χ1) is 15.0. The third kappa shape index (κ3) is 3.08. The molecule has 0 spiro atoms. The number of carboxylic acids is 1. The van der Waals surface area contributed by atoms with Crippen molar-refractivity contribution < 1.29 is 14.7 Å². The quantitative estimate of drug-likeness (QED) is 0.579. The van der Waals surface area contributed by atoms with Crippen molar-refractivity contribution in [2.45, 2.75) is 62.1 Å².